The van der Waals surface area contributed by atoms with Crippen LogP contribution in [0.2, 0.25) is 0 Å². The molecule has 2 nitrogen and oxygen atoms in total. The van der Waals surface area contributed by atoms with Gasteiger partial charge in [0, 0.05) is 5.56 Å². The smallest absolute Gasteiger partial charge is 0.284 e. The summed E-state index contributed by atoms with van der Waals surface area (Å²) in [6.07, 6.45) is 3.57. The van der Waals surface area contributed by atoms with Gasteiger partial charge in [0.1, 0.15) is 5.52 Å². The van der Waals surface area contributed by atoms with Crippen LogP contribution in [0, 0.1) is 6.39 Å². The molecule has 0 N–H and O–H groups in total. The molecular formula is C15H12NO. The topological polar surface area (TPSA) is 26.0 Å². The molecule has 0 bridgehead atoms. The van der Waals surface area contributed by atoms with Crippen molar-refractivity contribution in [2.75, 3.05) is 0 Å². The Morgan fingerprint density at radius 1 is 1.06 bits per heavy atom. The zero-order valence-corrected chi connectivity index (χ0v) is 9.60. The Kier molecular flexibility index (Phi) is 2.41. The molecule has 3 rings (SSSR count). The van der Waals surface area contributed by atoms with E-state index >= 15 is 0 Å². The number of para-hydroxylation sites is 1. The molecule has 17 heavy (non-hydrogen) atoms. The number of hydrogen-bond acceptors (Lipinski definition) is 2. The van der Waals surface area contributed by atoms with Crippen LogP contribution in [0.15, 0.2) is 46.9 Å². The molecule has 0 spiro atoms. The van der Waals surface area contributed by atoms with Gasteiger partial charge in [-0.05, 0) is 23.6 Å². The van der Waals surface area contributed by atoms with Crippen molar-refractivity contribution in [1.82, 2.24) is 4.98 Å². The van der Waals surface area contributed by atoms with Gasteiger partial charge in [-0.15, -0.1) is 0 Å². The molecular weight excluding hydrogens is 210 g/mol. The Morgan fingerprint density at radius 2 is 1.88 bits per heavy atom. The van der Waals surface area contributed by atoms with Gasteiger partial charge < -0.3 is 4.42 Å². The lowest BCUT2D eigenvalue weighted by molar-refractivity contribution is 0.591. The molecule has 2 heteroatoms. The normalized spacial score (nSPS) is 10.9. The lowest BCUT2D eigenvalue weighted by Gasteiger charge is -2.07. The minimum atomic E-state index is 0.786. The number of fused-ring (bicyclic) bond motifs is 1. The lowest BCUT2D eigenvalue weighted by Crippen LogP contribution is -1.87. The molecule has 0 atom stereocenters. The van der Waals surface area contributed by atoms with Crippen molar-refractivity contribution in [2.24, 2.45) is 0 Å². The first-order valence-corrected chi connectivity index (χ1v) is 5.74. The van der Waals surface area contributed by atoms with Crippen LogP contribution in [0.4, 0.5) is 0 Å². The lowest BCUT2D eigenvalue weighted by atomic mass is 9.97. The summed E-state index contributed by atoms with van der Waals surface area (Å²) < 4.78 is 5.22. The highest BCUT2D eigenvalue weighted by Crippen LogP contribution is 2.30. The van der Waals surface area contributed by atoms with E-state index in [9.17, 15) is 0 Å². The maximum atomic E-state index is 5.22. The highest BCUT2D eigenvalue weighted by atomic mass is 16.3. The van der Waals surface area contributed by atoms with Gasteiger partial charge in [-0.1, -0.05) is 43.3 Å². The van der Waals surface area contributed by atoms with Gasteiger partial charge >= 0.3 is 0 Å². The molecule has 0 saturated carbocycles. The Morgan fingerprint density at radius 3 is 2.76 bits per heavy atom. The fourth-order valence-corrected chi connectivity index (χ4v) is 2.15. The van der Waals surface area contributed by atoms with Crippen LogP contribution in [0.1, 0.15) is 12.5 Å². The van der Waals surface area contributed by atoms with E-state index in [1.54, 1.807) is 0 Å². The molecule has 0 aliphatic rings. The summed E-state index contributed by atoms with van der Waals surface area (Å²) in [6, 6.07) is 14.4. The van der Waals surface area contributed by atoms with E-state index in [0.717, 1.165) is 23.1 Å². The third-order valence-electron chi connectivity index (χ3n) is 3.00. The van der Waals surface area contributed by atoms with Crippen molar-refractivity contribution in [3.63, 3.8) is 0 Å². The summed E-state index contributed by atoms with van der Waals surface area (Å²) in [4.78, 5) is 4.18. The van der Waals surface area contributed by atoms with Crippen molar-refractivity contribution in [3.8, 4) is 11.1 Å². The largest absolute Gasteiger partial charge is 0.432 e. The van der Waals surface area contributed by atoms with Crippen molar-refractivity contribution in [1.29, 1.82) is 0 Å². The second-order valence-corrected chi connectivity index (χ2v) is 3.97. The van der Waals surface area contributed by atoms with Crippen LogP contribution in [0.3, 0.4) is 0 Å². The predicted octanol–water partition coefficient (Wildman–Crippen LogP) is 3.86. The fraction of sp³-hybridized carbons (Fsp3) is 0.133. The van der Waals surface area contributed by atoms with Crippen LogP contribution in [-0.2, 0) is 6.42 Å². The Balaban J connectivity index is 2.30. The van der Waals surface area contributed by atoms with Crippen molar-refractivity contribution in [3.05, 3.63) is 54.4 Å². The van der Waals surface area contributed by atoms with Crippen molar-refractivity contribution in [2.45, 2.75) is 13.3 Å². The molecule has 83 valence electrons. The van der Waals surface area contributed by atoms with E-state index in [0.29, 0.717) is 0 Å². The molecule has 0 aliphatic heterocycles. The fourth-order valence-electron chi connectivity index (χ4n) is 2.15. The van der Waals surface area contributed by atoms with Gasteiger partial charge in [0.05, 0.1) is 0 Å². The minimum Gasteiger partial charge on any atom is -0.432 e. The summed E-state index contributed by atoms with van der Waals surface area (Å²) in [7, 11) is 0. The molecule has 3 aromatic rings. The summed E-state index contributed by atoms with van der Waals surface area (Å²) >= 11 is 0. The monoisotopic (exact) mass is 222 g/mol. The third kappa shape index (κ3) is 1.62. The number of nitrogens with zero attached hydrogens (tertiary/aromatic N) is 1. The zero-order chi connectivity index (χ0) is 11.7. The number of aryl methyl sites for hydroxylation is 1. The summed E-state index contributed by atoms with van der Waals surface area (Å²) in [5, 5.41) is 0. The molecule has 1 heterocycles. The Labute approximate surface area is 99.9 Å². The molecule has 0 unspecified atom stereocenters. The second kappa shape index (κ2) is 4.06. The molecule has 2 aromatic carbocycles. The summed E-state index contributed by atoms with van der Waals surface area (Å²) in [5.41, 5.74) is 5.33. The SMILES string of the molecule is CCc1ccccc1-c1cccc2o[c]nc12. The highest BCUT2D eigenvalue weighted by molar-refractivity contribution is 5.91. The van der Waals surface area contributed by atoms with Crippen molar-refractivity contribution >= 4 is 11.1 Å². The van der Waals surface area contributed by atoms with Gasteiger partial charge in [0.25, 0.3) is 6.39 Å². The molecule has 0 aliphatic carbocycles. The van der Waals surface area contributed by atoms with Crippen LogP contribution in [0.5, 0.6) is 0 Å². The van der Waals surface area contributed by atoms with E-state index in [-0.39, 0.29) is 0 Å². The minimum absolute atomic E-state index is 0.786. The molecule has 1 aromatic heterocycles. The number of rotatable bonds is 2. The van der Waals surface area contributed by atoms with E-state index in [2.05, 4.69) is 48.6 Å². The van der Waals surface area contributed by atoms with E-state index < -0.39 is 0 Å². The first-order chi connectivity index (χ1) is 8.40. The number of benzene rings is 2. The predicted molar refractivity (Wildman–Crippen MR) is 67.7 cm³/mol. The van der Waals surface area contributed by atoms with Gasteiger partial charge in [-0.2, -0.15) is 0 Å². The van der Waals surface area contributed by atoms with Gasteiger partial charge in [-0.3, -0.25) is 0 Å². The number of aromatic nitrogens is 1. The highest BCUT2D eigenvalue weighted by Gasteiger charge is 2.09. The second-order valence-electron chi connectivity index (χ2n) is 3.97. The van der Waals surface area contributed by atoms with Gasteiger partial charge in [0.15, 0.2) is 5.58 Å². The average molecular weight is 222 g/mol. The van der Waals surface area contributed by atoms with Crippen LogP contribution in [0.25, 0.3) is 22.2 Å². The molecule has 0 fully saturated rings. The first kappa shape index (κ1) is 10.1. The first-order valence-electron chi connectivity index (χ1n) is 5.74. The van der Waals surface area contributed by atoms with E-state index in [1.165, 1.54) is 11.1 Å². The van der Waals surface area contributed by atoms with Crippen molar-refractivity contribution < 1.29 is 4.42 Å². The van der Waals surface area contributed by atoms with Gasteiger partial charge in [0.2, 0.25) is 0 Å². The zero-order valence-electron chi connectivity index (χ0n) is 9.60. The third-order valence-corrected chi connectivity index (χ3v) is 3.00. The molecule has 0 amide bonds. The number of hydrogen-bond donors (Lipinski definition) is 0. The Hall–Kier alpha value is -2.09. The van der Waals surface area contributed by atoms with Crippen LogP contribution in [-0.4, -0.2) is 4.98 Å². The average Bonchev–Trinajstić information content (AvgIpc) is 2.86. The Bertz CT molecular complexity index is 655. The van der Waals surface area contributed by atoms with Crippen LogP contribution >= 0.6 is 0 Å². The van der Waals surface area contributed by atoms with Gasteiger partial charge in [-0.25, -0.2) is 4.98 Å². The maximum Gasteiger partial charge on any atom is 0.284 e. The maximum absolute atomic E-state index is 5.22. The standard InChI is InChI=1S/C15H12NO/c1-2-11-6-3-4-7-12(11)13-8-5-9-14-15(13)16-10-17-14/h3-9H,2H2,1H3. The van der Waals surface area contributed by atoms with Crippen LogP contribution < -0.4 is 0 Å². The summed E-state index contributed by atoms with van der Waals surface area (Å²) in [6.45, 7) is 2.16. The quantitative estimate of drug-likeness (QED) is 0.658. The molecule has 1 radical (unpaired) electrons. The summed E-state index contributed by atoms with van der Waals surface area (Å²) in [5.74, 6) is 0. The molecule has 0 saturated heterocycles. The number of oxazole rings is 1. The van der Waals surface area contributed by atoms with E-state index in [4.69, 9.17) is 4.42 Å². The van der Waals surface area contributed by atoms with E-state index in [1.807, 2.05) is 12.1 Å².